The maximum atomic E-state index is 13.5. The van der Waals surface area contributed by atoms with Crippen LogP contribution in [0, 0.1) is 5.82 Å². The molecule has 0 spiro atoms. The van der Waals surface area contributed by atoms with Gasteiger partial charge in [-0.15, -0.1) is 11.3 Å². The lowest BCUT2D eigenvalue weighted by Gasteiger charge is -2.16. The summed E-state index contributed by atoms with van der Waals surface area (Å²) in [4.78, 5) is 29.7. The smallest absolute Gasteiger partial charge is 0.255 e. The minimum absolute atomic E-state index is 0.0176. The minimum atomic E-state index is -0.346. The van der Waals surface area contributed by atoms with Gasteiger partial charge < -0.3 is 20.1 Å². The number of ether oxygens (including phenoxy) is 2. The van der Waals surface area contributed by atoms with Crippen LogP contribution < -0.4 is 20.1 Å². The summed E-state index contributed by atoms with van der Waals surface area (Å²) < 4.78 is 24.3. The van der Waals surface area contributed by atoms with Crippen molar-refractivity contribution in [3.8, 4) is 22.1 Å². The molecule has 4 rings (SSSR count). The highest BCUT2D eigenvalue weighted by Crippen LogP contribution is 2.37. The molecular weight excluding hydrogens is 469 g/mol. The molecule has 4 aromatic rings. The van der Waals surface area contributed by atoms with Crippen molar-refractivity contribution in [1.82, 2.24) is 4.98 Å². The van der Waals surface area contributed by atoms with E-state index in [0.29, 0.717) is 44.7 Å². The van der Waals surface area contributed by atoms with Gasteiger partial charge in [0, 0.05) is 28.6 Å². The van der Waals surface area contributed by atoms with E-state index in [0.717, 1.165) is 0 Å². The van der Waals surface area contributed by atoms with Crippen LogP contribution in [0.15, 0.2) is 72.1 Å². The van der Waals surface area contributed by atoms with E-state index in [2.05, 4.69) is 15.6 Å². The number of amides is 2. The molecular formula is C26H22FN3O4S. The first-order chi connectivity index (χ1) is 17.0. The molecule has 0 atom stereocenters. The number of nitrogens with zero attached hydrogens (tertiary/aromatic N) is 1. The van der Waals surface area contributed by atoms with Crippen molar-refractivity contribution in [2.45, 2.75) is 6.42 Å². The highest BCUT2D eigenvalue weighted by Gasteiger charge is 2.17. The van der Waals surface area contributed by atoms with Crippen LogP contribution in [-0.4, -0.2) is 31.0 Å². The monoisotopic (exact) mass is 491 g/mol. The van der Waals surface area contributed by atoms with Gasteiger partial charge in [-0.05, 0) is 24.3 Å². The van der Waals surface area contributed by atoms with Crippen LogP contribution in [-0.2, 0) is 11.2 Å². The summed E-state index contributed by atoms with van der Waals surface area (Å²) in [6, 6.07) is 18.1. The lowest BCUT2D eigenvalue weighted by atomic mass is 10.2. The second kappa shape index (κ2) is 10.8. The molecule has 0 fully saturated rings. The number of aromatic nitrogens is 1. The van der Waals surface area contributed by atoms with Gasteiger partial charge >= 0.3 is 0 Å². The Labute approximate surface area is 205 Å². The van der Waals surface area contributed by atoms with Crippen molar-refractivity contribution >= 4 is 34.5 Å². The number of methoxy groups -OCH3 is 2. The number of halogens is 1. The molecule has 0 saturated carbocycles. The van der Waals surface area contributed by atoms with E-state index >= 15 is 0 Å². The highest BCUT2D eigenvalue weighted by atomic mass is 32.1. The molecule has 0 unspecified atom stereocenters. The summed E-state index contributed by atoms with van der Waals surface area (Å²) in [6.07, 6.45) is 0.0176. The van der Waals surface area contributed by atoms with Gasteiger partial charge in [-0.25, -0.2) is 9.37 Å². The number of carbonyl (C=O) groups is 2. The summed E-state index contributed by atoms with van der Waals surface area (Å²) >= 11 is 1.34. The van der Waals surface area contributed by atoms with Crippen LogP contribution in [0.25, 0.3) is 10.6 Å². The number of hydrogen-bond donors (Lipinski definition) is 2. The molecule has 9 heteroatoms. The highest BCUT2D eigenvalue weighted by molar-refractivity contribution is 7.13. The average molecular weight is 492 g/mol. The van der Waals surface area contributed by atoms with Crippen molar-refractivity contribution in [1.29, 1.82) is 0 Å². The fourth-order valence-electron chi connectivity index (χ4n) is 3.38. The van der Waals surface area contributed by atoms with Gasteiger partial charge in [-0.3, -0.25) is 9.59 Å². The lowest BCUT2D eigenvalue weighted by Crippen LogP contribution is -2.16. The quantitative estimate of drug-likeness (QED) is 0.345. The fraction of sp³-hybridized carbons (Fsp3) is 0.115. The van der Waals surface area contributed by atoms with Gasteiger partial charge in [0.25, 0.3) is 5.91 Å². The number of anilines is 2. The van der Waals surface area contributed by atoms with Gasteiger partial charge in [-0.2, -0.15) is 0 Å². The number of rotatable bonds is 8. The van der Waals surface area contributed by atoms with E-state index in [9.17, 15) is 14.0 Å². The molecule has 0 aliphatic rings. The molecule has 0 aliphatic heterocycles. The SMILES string of the molecule is COc1cc(NC(=O)c2ccccc2)c(OC)cc1NC(=O)Cc1csc(-c2cccc(F)c2)n1. The molecule has 178 valence electrons. The first kappa shape index (κ1) is 23.9. The van der Waals surface area contributed by atoms with Crippen molar-refractivity contribution in [2.24, 2.45) is 0 Å². The minimum Gasteiger partial charge on any atom is -0.494 e. The van der Waals surface area contributed by atoms with Crippen molar-refractivity contribution in [3.63, 3.8) is 0 Å². The van der Waals surface area contributed by atoms with E-state index in [1.807, 2.05) is 6.07 Å². The van der Waals surface area contributed by atoms with Gasteiger partial charge in [-0.1, -0.05) is 30.3 Å². The molecule has 0 bridgehead atoms. The zero-order valence-corrected chi connectivity index (χ0v) is 19.8. The van der Waals surface area contributed by atoms with Gasteiger partial charge in [0.1, 0.15) is 22.3 Å². The summed E-state index contributed by atoms with van der Waals surface area (Å²) in [7, 11) is 2.93. The molecule has 2 amide bonds. The number of carbonyl (C=O) groups excluding carboxylic acids is 2. The Kier molecular flexibility index (Phi) is 7.37. The Morgan fingerprint density at radius 1 is 0.914 bits per heavy atom. The van der Waals surface area contributed by atoms with Crippen LogP contribution in [0.2, 0.25) is 0 Å². The van der Waals surface area contributed by atoms with Crippen molar-refractivity contribution < 1.29 is 23.5 Å². The number of nitrogens with one attached hydrogen (secondary N) is 2. The predicted octanol–water partition coefficient (Wildman–Crippen LogP) is 5.40. The number of benzene rings is 3. The molecule has 0 saturated heterocycles. The summed E-state index contributed by atoms with van der Waals surface area (Å²) in [5.74, 6) is -0.266. The van der Waals surface area contributed by atoms with Crippen LogP contribution in [0.5, 0.6) is 11.5 Å². The third-order valence-corrected chi connectivity index (χ3v) is 5.99. The average Bonchev–Trinajstić information content (AvgIpc) is 3.33. The Morgan fingerprint density at radius 2 is 1.60 bits per heavy atom. The topological polar surface area (TPSA) is 89.5 Å². The van der Waals surface area contributed by atoms with E-state index in [1.54, 1.807) is 53.9 Å². The van der Waals surface area contributed by atoms with E-state index < -0.39 is 0 Å². The van der Waals surface area contributed by atoms with Crippen LogP contribution in [0.4, 0.5) is 15.8 Å². The Bertz CT molecular complexity index is 1360. The van der Waals surface area contributed by atoms with Crippen molar-refractivity contribution in [2.75, 3.05) is 24.9 Å². The predicted molar refractivity (Wildman–Crippen MR) is 134 cm³/mol. The molecule has 1 heterocycles. The third-order valence-electron chi connectivity index (χ3n) is 5.04. The first-order valence-corrected chi connectivity index (χ1v) is 11.5. The normalized spacial score (nSPS) is 10.5. The Hall–Kier alpha value is -4.24. The van der Waals surface area contributed by atoms with E-state index in [1.165, 1.54) is 37.7 Å². The number of hydrogen-bond acceptors (Lipinski definition) is 6. The molecule has 35 heavy (non-hydrogen) atoms. The van der Waals surface area contributed by atoms with Gasteiger partial charge in [0.2, 0.25) is 5.91 Å². The summed E-state index contributed by atoms with van der Waals surface area (Å²) in [6.45, 7) is 0. The third kappa shape index (κ3) is 5.82. The van der Waals surface area contributed by atoms with Gasteiger partial charge in [0.05, 0.1) is 37.7 Å². The molecule has 7 nitrogen and oxygen atoms in total. The largest absolute Gasteiger partial charge is 0.494 e. The van der Waals surface area contributed by atoms with E-state index in [-0.39, 0.29) is 24.1 Å². The van der Waals surface area contributed by atoms with Crippen LogP contribution in [0.1, 0.15) is 16.1 Å². The zero-order chi connectivity index (χ0) is 24.8. The van der Waals surface area contributed by atoms with Gasteiger partial charge in [0.15, 0.2) is 0 Å². The van der Waals surface area contributed by atoms with Crippen molar-refractivity contribution in [3.05, 3.63) is 89.2 Å². The molecule has 0 aliphatic carbocycles. The second-order valence-corrected chi connectivity index (χ2v) is 8.31. The summed E-state index contributed by atoms with van der Waals surface area (Å²) in [5.41, 5.74) is 2.49. The second-order valence-electron chi connectivity index (χ2n) is 7.45. The molecule has 2 N–H and O–H groups in total. The van der Waals surface area contributed by atoms with Crippen LogP contribution in [0.3, 0.4) is 0 Å². The first-order valence-electron chi connectivity index (χ1n) is 10.6. The Balaban J connectivity index is 1.48. The molecule has 3 aromatic carbocycles. The standard InChI is InChI=1S/C26H22FN3O4S/c1-33-22-14-21(30-25(32)16-7-4-3-5-8-16)23(34-2)13-20(22)29-24(31)12-19-15-35-26(28-19)17-9-6-10-18(27)11-17/h3-11,13-15H,12H2,1-2H3,(H,29,31)(H,30,32). The zero-order valence-electron chi connectivity index (χ0n) is 19.0. The fourth-order valence-corrected chi connectivity index (χ4v) is 4.19. The molecule has 0 radical (unpaired) electrons. The molecule has 1 aromatic heterocycles. The summed E-state index contributed by atoms with van der Waals surface area (Å²) in [5, 5.41) is 8.00. The van der Waals surface area contributed by atoms with Crippen LogP contribution >= 0.6 is 11.3 Å². The maximum absolute atomic E-state index is 13.5. The maximum Gasteiger partial charge on any atom is 0.255 e. The Morgan fingerprint density at radius 3 is 2.26 bits per heavy atom. The number of thiazole rings is 1. The van der Waals surface area contributed by atoms with E-state index in [4.69, 9.17) is 9.47 Å². The lowest BCUT2D eigenvalue weighted by molar-refractivity contribution is -0.115.